The van der Waals surface area contributed by atoms with E-state index in [4.69, 9.17) is 17.0 Å². The molecule has 2 aromatic rings. The lowest BCUT2D eigenvalue weighted by Gasteiger charge is -2.14. The van der Waals surface area contributed by atoms with Crippen molar-refractivity contribution in [3.8, 4) is 5.75 Å². The number of rotatable bonds is 3. The molecule has 0 aromatic heterocycles. The SMILES string of the molecule is COc1c(C)cc(Br)cc1C(=O)NC(=S)Nc1ccccc1I. The van der Waals surface area contributed by atoms with Gasteiger partial charge in [0, 0.05) is 8.04 Å². The van der Waals surface area contributed by atoms with Crippen LogP contribution in [0.1, 0.15) is 15.9 Å². The van der Waals surface area contributed by atoms with Gasteiger partial charge in [0.1, 0.15) is 5.75 Å². The second-order valence-electron chi connectivity index (χ2n) is 4.69. The lowest BCUT2D eigenvalue weighted by Crippen LogP contribution is -2.34. The van der Waals surface area contributed by atoms with E-state index in [2.05, 4.69) is 49.2 Å². The van der Waals surface area contributed by atoms with Crippen LogP contribution in [0, 0.1) is 10.5 Å². The Labute approximate surface area is 162 Å². The average Bonchev–Trinajstić information content (AvgIpc) is 2.48. The number of carbonyl (C=O) groups excluding carboxylic acids is 1. The van der Waals surface area contributed by atoms with Crippen LogP contribution in [0.5, 0.6) is 5.75 Å². The molecule has 0 spiro atoms. The Bertz CT molecular complexity index is 768. The fourth-order valence-electron chi connectivity index (χ4n) is 2.06. The molecular weight excluding hydrogens is 491 g/mol. The number of para-hydroxylation sites is 1. The maximum atomic E-state index is 12.5. The summed E-state index contributed by atoms with van der Waals surface area (Å²) in [6.07, 6.45) is 0. The molecule has 0 atom stereocenters. The van der Waals surface area contributed by atoms with Crippen LogP contribution in [0.2, 0.25) is 0 Å². The van der Waals surface area contributed by atoms with Crippen LogP contribution in [0.15, 0.2) is 40.9 Å². The second kappa shape index (κ2) is 8.07. The van der Waals surface area contributed by atoms with E-state index in [1.165, 1.54) is 7.11 Å². The van der Waals surface area contributed by atoms with Gasteiger partial charge in [0.15, 0.2) is 5.11 Å². The van der Waals surface area contributed by atoms with Crippen LogP contribution in [0.25, 0.3) is 0 Å². The maximum Gasteiger partial charge on any atom is 0.261 e. The number of thiocarbonyl (C=S) groups is 1. The third kappa shape index (κ3) is 4.65. The molecule has 2 N–H and O–H groups in total. The van der Waals surface area contributed by atoms with Crippen LogP contribution in [0.4, 0.5) is 5.69 Å². The zero-order chi connectivity index (χ0) is 17.0. The quantitative estimate of drug-likeness (QED) is 0.477. The summed E-state index contributed by atoms with van der Waals surface area (Å²) in [5.41, 5.74) is 2.13. The summed E-state index contributed by atoms with van der Waals surface area (Å²) in [6.45, 7) is 1.88. The predicted molar refractivity (Wildman–Crippen MR) is 108 cm³/mol. The van der Waals surface area contributed by atoms with Crippen molar-refractivity contribution in [2.45, 2.75) is 6.92 Å². The van der Waals surface area contributed by atoms with Crippen molar-refractivity contribution in [3.63, 3.8) is 0 Å². The third-order valence-electron chi connectivity index (χ3n) is 3.04. The molecule has 0 saturated heterocycles. The molecule has 0 aliphatic heterocycles. The van der Waals surface area contributed by atoms with Crippen molar-refractivity contribution >= 4 is 67.4 Å². The lowest BCUT2D eigenvalue weighted by atomic mass is 10.1. The Morgan fingerprint density at radius 1 is 1.30 bits per heavy atom. The molecule has 0 heterocycles. The van der Waals surface area contributed by atoms with Gasteiger partial charge in [0.25, 0.3) is 5.91 Å². The maximum absolute atomic E-state index is 12.5. The molecule has 2 rings (SSSR count). The van der Waals surface area contributed by atoms with Crippen molar-refractivity contribution < 1.29 is 9.53 Å². The molecule has 0 fully saturated rings. The topological polar surface area (TPSA) is 50.4 Å². The zero-order valence-corrected chi connectivity index (χ0v) is 17.0. The second-order valence-corrected chi connectivity index (χ2v) is 7.18. The number of anilines is 1. The number of halogens is 2. The van der Waals surface area contributed by atoms with Crippen molar-refractivity contribution in [1.29, 1.82) is 0 Å². The summed E-state index contributed by atoms with van der Waals surface area (Å²) in [6, 6.07) is 11.3. The molecular formula is C16H14BrIN2O2S. The van der Waals surface area contributed by atoms with Crippen molar-refractivity contribution in [2.75, 3.05) is 12.4 Å². The molecule has 7 heteroatoms. The monoisotopic (exact) mass is 504 g/mol. The molecule has 2 aromatic carbocycles. The van der Waals surface area contributed by atoms with Gasteiger partial charge >= 0.3 is 0 Å². The third-order valence-corrected chi connectivity index (χ3v) is 4.64. The van der Waals surface area contributed by atoms with Crippen LogP contribution in [0.3, 0.4) is 0 Å². The Balaban J connectivity index is 2.16. The molecule has 4 nitrogen and oxygen atoms in total. The van der Waals surface area contributed by atoms with Gasteiger partial charge < -0.3 is 10.1 Å². The number of methoxy groups -OCH3 is 1. The molecule has 120 valence electrons. The first-order valence-corrected chi connectivity index (χ1v) is 8.91. The van der Waals surface area contributed by atoms with Gasteiger partial charge in [0.05, 0.1) is 18.4 Å². The van der Waals surface area contributed by atoms with Gasteiger partial charge in [-0.2, -0.15) is 0 Å². The van der Waals surface area contributed by atoms with E-state index < -0.39 is 0 Å². The van der Waals surface area contributed by atoms with Gasteiger partial charge in [-0.1, -0.05) is 28.1 Å². The van der Waals surface area contributed by atoms with Gasteiger partial charge in [-0.15, -0.1) is 0 Å². The number of benzene rings is 2. The highest BCUT2D eigenvalue weighted by atomic mass is 127. The van der Waals surface area contributed by atoms with Gasteiger partial charge in [0.2, 0.25) is 0 Å². The van der Waals surface area contributed by atoms with Crippen molar-refractivity contribution in [3.05, 3.63) is 55.6 Å². The van der Waals surface area contributed by atoms with Crippen LogP contribution in [-0.2, 0) is 0 Å². The Morgan fingerprint density at radius 3 is 2.65 bits per heavy atom. The minimum absolute atomic E-state index is 0.235. The minimum Gasteiger partial charge on any atom is -0.496 e. The summed E-state index contributed by atoms with van der Waals surface area (Å²) in [4.78, 5) is 12.5. The van der Waals surface area contributed by atoms with E-state index in [-0.39, 0.29) is 11.0 Å². The zero-order valence-electron chi connectivity index (χ0n) is 12.4. The smallest absolute Gasteiger partial charge is 0.261 e. The molecule has 1 amide bonds. The summed E-state index contributed by atoms with van der Waals surface area (Å²) in [7, 11) is 1.54. The van der Waals surface area contributed by atoms with E-state index in [1.54, 1.807) is 6.07 Å². The summed E-state index contributed by atoms with van der Waals surface area (Å²) in [5, 5.41) is 5.93. The summed E-state index contributed by atoms with van der Waals surface area (Å²) in [5.74, 6) is 0.206. The van der Waals surface area contributed by atoms with Crippen LogP contribution >= 0.6 is 50.7 Å². The summed E-state index contributed by atoms with van der Waals surface area (Å²) >= 11 is 10.8. The highest BCUT2D eigenvalue weighted by Gasteiger charge is 2.17. The fourth-order valence-corrected chi connectivity index (χ4v) is 3.35. The number of carbonyl (C=O) groups is 1. The van der Waals surface area contributed by atoms with Crippen LogP contribution < -0.4 is 15.4 Å². The first-order valence-electron chi connectivity index (χ1n) is 6.63. The predicted octanol–water partition coefficient (Wildman–Crippen LogP) is 4.50. The summed E-state index contributed by atoms with van der Waals surface area (Å²) < 4.78 is 7.14. The van der Waals surface area contributed by atoms with Gasteiger partial charge in [-0.05, 0) is 71.6 Å². The number of hydrogen-bond donors (Lipinski definition) is 2. The number of hydrogen-bond acceptors (Lipinski definition) is 3. The van der Waals surface area contributed by atoms with E-state index in [1.807, 2.05) is 37.3 Å². The molecule has 0 saturated carbocycles. The van der Waals surface area contributed by atoms with E-state index in [0.717, 1.165) is 19.3 Å². The number of ether oxygens (including phenoxy) is 1. The first kappa shape index (κ1) is 18.2. The molecule has 0 radical (unpaired) electrons. The van der Waals surface area contributed by atoms with Crippen molar-refractivity contribution in [2.24, 2.45) is 0 Å². The largest absolute Gasteiger partial charge is 0.496 e. The highest BCUT2D eigenvalue weighted by molar-refractivity contribution is 14.1. The minimum atomic E-state index is -0.324. The molecule has 23 heavy (non-hydrogen) atoms. The lowest BCUT2D eigenvalue weighted by molar-refractivity contribution is 0.0974. The molecule has 0 aliphatic rings. The van der Waals surface area contributed by atoms with E-state index >= 15 is 0 Å². The normalized spacial score (nSPS) is 10.1. The average molecular weight is 505 g/mol. The van der Waals surface area contributed by atoms with Crippen LogP contribution in [-0.4, -0.2) is 18.1 Å². The number of aryl methyl sites for hydroxylation is 1. The Kier molecular flexibility index (Phi) is 6.37. The molecule has 0 bridgehead atoms. The fraction of sp³-hybridized carbons (Fsp3) is 0.125. The Morgan fingerprint density at radius 2 is 2.00 bits per heavy atom. The Hall–Kier alpha value is -1.19. The number of nitrogens with one attached hydrogen (secondary N) is 2. The molecule has 0 aliphatic carbocycles. The number of amides is 1. The molecule has 0 unspecified atom stereocenters. The van der Waals surface area contributed by atoms with Gasteiger partial charge in [-0.3, -0.25) is 10.1 Å². The van der Waals surface area contributed by atoms with Crippen molar-refractivity contribution in [1.82, 2.24) is 5.32 Å². The standard InChI is InChI=1S/C16H14BrIN2O2S/c1-9-7-10(17)8-11(14(9)22-2)15(21)20-16(23)19-13-6-4-3-5-12(13)18/h3-8H,1-2H3,(H2,19,20,21,23). The van der Waals surface area contributed by atoms with Gasteiger partial charge in [-0.25, -0.2) is 0 Å². The van der Waals surface area contributed by atoms with E-state index in [9.17, 15) is 4.79 Å². The van der Waals surface area contributed by atoms with E-state index in [0.29, 0.717) is 11.3 Å². The first-order chi connectivity index (χ1) is 10.9. The highest BCUT2D eigenvalue weighted by Crippen LogP contribution is 2.27.